The van der Waals surface area contributed by atoms with Gasteiger partial charge in [0.05, 0.1) is 37.4 Å². The van der Waals surface area contributed by atoms with Crippen molar-refractivity contribution in [3.63, 3.8) is 0 Å². The summed E-state index contributed by atoms with van der Waals surface area (Å²) in [5.74, 6) is 3.42. The van der Waals surface area contributed by atoms with E-state index in [1.807, 2.05) is 26.2 Å². The quantitative estimate of drug-likeness (QED) is 0.847. The first-order valence-corrected chi connectivity index (χ1v) is 10.2. The van der Waals surface area contributed by atoms with E-state index in [4.69, 9.17) is 14.2 Å². The maximum Gasteiger partial charge on any atom is 0.0917 e. The Morgan fingerprint density at radius 3 is 2.33 bits per heavy atom. The SMILES string of the molecule is COC1CCC2C(CC[NH+]3CC4C(CCC(OC)C4OC)CC23)C1. The number of rotatable bonds is 3. The molecule has 2 aliphatic carbocycles. The highest BCUT2D eigenvalue weighted by molar-refractivity contribution is 4.96. The Morgan fingerprint density at radius 1 is 0.750 bits per heavy atom. The van der Waals surface area contributed by atoms with Crippen molar-refractivity contribution in [1.82, 2.24) is 0 Å². The molecule has 138 valence electrons. The van der Waals surface area contributed by atoms with Crippen LogP contribution in [0.25, 0.3) is 0 Å². The summed E-state index contributed by atoms with van der Waals surface area (Å²) in [6, 6.07) is 0.902. The number of hydrogen-bond acceptors (Lipinski definition) is 3. The van der Waals surface area contributed by atoms with Crippen LogP contribution in [0.2, 0.25) is 0 Å². The minimum absolute atomic E-state index is 0.307. The first-order valence-electron chi connectivity index (χ1n) is 10.2. The number of quaternary nitrogens is 1. The lowest BCUT2D eigenvalue weighted by Gasteiger charge is -2.54. The summed E-state index contributed by atoms with van der Waals surface area (Å²) in [7, 11) is 5.64. The maximum atomic E-state index is 5.92. The topological polar surface area (TPSA) is 32.1 Å². The van der Waals surface area contributed by atoms with Crippen LogP contribution in [0.1, 0.15) is 44.9 Å². The molecule has 4 heteroatoms. The van der Waals surface area contributed by atoms with Crippen LogP contribution in [0.15, 0.2) is 0 Å². The van der Waals surface area contributed by atoms with E-state index in [1.54, 1.807) is 0 Å². The zero-order chi connectivity index (χ0) is 16.7. The molecule has 2 aliphatic heterocycles. The second-order valence-electron chi connectivity index (χ2n) is 8.81. The Kier molecular flexibility index (Phi) is 5.19. The van der Waals surface area contributed by atoms with E-state index in [0.29, 0.717) is 24.2 Å². The van der Waals surface area contributed by atoms with Crippen LogP contribution >= 0.6 is 0 Å². The van der Waals surface area contributed by atoms with Gasteiger partial charge in [0.15, 0.2) is 0 Å². The van der Waals surface area contributed by atoms with Gasteiger partial charge < -0.3 is 19.1 Å². The Hall–Kier alpha value is -0.160. The van der Waals surface area contributed by atoms with Gasteiger partial charge in [-0.3, -0.25) is 0 Å². The normalized spacial score (nSPS) is 51.4. The molecule has 4 rings (SSSR count). The van der Waals surface area contributed by atoms with Crippen molar-refractivity contribution < 1.29 is 19.1 Å². The van der Waals surface area contributed by atoms with E-state index >= 15 is 0 Å². The predicted molar refractivity (Wildman–Crippen MR) is 93.2 cm³/mol. The number of piperidine rings is 2. The molecule has 9 atom stereocenters. The van der Waals surface area contributed by atoms with Crippen LogP contribution in [0.5, 0.6) is 0 Å². The van der Waals surface area contributed by atoms with Crippen molar-refractivity contribution in [2.45, 2.75) is 69.3 Å². The summed E-state index contributed by atoms with van der Waals surface area (Å²) in [5.41, 5.74) is 0. The molecular weight excluding hydrogens is 302 g/mol. The van der Waals surface area contributed by atoms with Gasteiger partial charge in [-0.1, -0.05) is 0 Å². The third-order valence-corrected chi connectivity index (χ3v) is 8.05. The summed E-state index contributed by atoms with van der Waals surface area (Å²) in [6.07, 6.45) is 10.5. The highest BCUT2D eigenvalue weighted by Crippen LogP contribution is 2.43. The van der Waals surface area contributed by atoms with Crippen molar-refractivity contribution in [3.8, 4) is 0 Å². The van der Waals surface area contributed by atoms with E-state index in [-0.39, 0.29) is 0 Å². The van der Waals surface area contributed by atoms with E-state index in [9.17, 15) is 0 Å². The van der Waals surface area contributed by atoms with Crippen molar-refractivity contribution in [2.75, 3.05) is 34.4 Å². The summed E-state index contributed by atoms with van der Waals surface area (Å²) in [4.78, 5) is 1.88. The average molecular weight is 339 g/mol. The third kappa shape index (κ3) is 2.94. The van der Waals surface area contributed by atoms with E-state index in [1.165, 1.54) is 58.0 Å². The molecule has 0 aromatic heterocycles. The van der Waals surface area contributed by atoms with E-state index < -0.39 is 0 Å². The summed E-state index contributed by atoms with van der Waals surface area (Å²) >= 11 is 0. The van der Waals surface area contributed by atoms with Crippen molar-refractivity contribution in [1.29, 1.82) is 0 Å². The molecule has 4 fully saturated rings. The average Bonchev–Trinajstić information content (AvgIpc) is 2.64. The van der Waals surface area contributed by atoms with E-state index in [2.05, 4.69) is 0 Å². The number of hydrogen-bond donors (Lipinski definition) is 1. The fourth-order valence-electron chi connectivity index (χ4n) is 6.86. The fourth-order valence-corrected chi connectivity index (χ4v) is 6.86. The molecule has 2 saturated heterocycles. The van der Waals surface area contributed by atoms with Gasteiger partial charge in [0, 0.05) is 39.6 Å². The number of methoxy groups -OCH3 is 3. The highest BCUT2D eigenvalue weighted by Gasteiger charge is 2.52. The van der Waals surface area contributed by atoms with Crippen LogP contribution in [-0.4, -0.2) is 58.8 Å². The zero-order valence-corrected chi connectivity index (χ0v) is 15.7. The Bertz CT molecular complexity index is 431. The molecule has 0 aromatic carbocycles. The van der Waals surface area contributed by atoms with Crippen LogP contribution < -0.4 is 4.90 Å². The smallest absolute Gasteiger partial charge is 0.0917 e. The van der Waals surface area contributed by atoms with Gasteiger partial charge in [-0.2, -0.15) is 0 Å². The molecular formula is C20H36NO3+. The van der Waals surface area contributed by atoms with Crippen LogP contribution in [0.3, 0.4) is 0 Å². The van der Waals surface area contributed by atoms with Crippen LogP contribution in [0, 0.1) is 23.7 Å². The number of nitrogens with one attached hydrogen (secondary N) is 1. The molecule has 0 bridgehead atoms. The van der Waals surface area contributed by atoms with Gasteiger partial charge in [-0.15, -0.1) is 0 Å². The molecule has 9 unspecified atom stereocenters. The lowest BCUT2D eigenvalue weighted by molar-refractivity contribution is -0.947. The number of fused-ring (bicyclic) bond motifs is 4. The lowest BCUT2D eigenvalue weighted by Crippen LogP contribution is -3.20. The maximum absolute atomic E-state index is 5.92. The molecule has 0 aromatic rings. The first-order chi connectivity index (χ1) is 11.7. The van der Waals surface area contributed by atoms with Crippen LogP contribution in [0.4, 0.5) is 0 Å². The standard InChI is InChI=1S/C20H35NO3/c1-22-15-5-6-16-14(10-15)8-9-21-12-17-13(11-18(16)21)4-7-19(23-2)20(17)24-3/h13-20H,4-12H2,1-3H3/p+1. The second-order valence-corrected chi connectivity index (χ2v) is 8.81. The monoisotopic (exact) mass is 338 g/mol. The minimum atomic E-state index is 0.307. The molecule has 0 amide bonds. The molecule has 0 radical (unpaired) electrons. The predicted octanol–water partition coefficient (Wildman–Crippen LogP) is 1.53. The second kappa shape index (κ2) is 7.22. The Labute approximate surface area is 147 Å². The van der Waals surface area contributed by atoms with Gasteiger partial charge in [0.1, 0.15) is 0 Å². The van der Waals surface area contributed by atoms with Gasteiger partial charge in [-0.25, -0.2) is 0 Å². The lowest BCUT2D eigenvalue weighted by atomic mass is 9.62. The molecule has 2 heterocycles. The first kappa shape index (κ1) is 17.3. The van der Waals surface area contributed by atoms with Gasteiger partial charge >= 0.3 is 0 Å². The fraction of sp³-hybridized carbons (Fsp3) is 1.00. The summed E-state index contributed by atoms with van der Waals surface area (Å²) in [5, 5.41) is 0. The Balaban J connectivity index is 1.47. The molecule has 4 aliphatic rings. The van der Waals surface area contributed by atoms with Crippen molar-refractivity contribution >= 4 is 0 Å². The third-order valence-electron chi connectivity index (χ3n) is 8.05. The van der Waals surface area contributed by atoms with Crippen LogP contribution in [-0.2, 0) is 14.2 Å². The summed E-state index contributed by atoms with van der Waals surface area (Å²) < 4.78 is 17.3. The molecule has 0 spiro atoms. The van der Waals surface area contributed by atoms with Crippen molar-refractivity contribution in [2.24, 2.45) is 23.7 Å². The molecule has 2 saturated carbocycles. The molecule has 1 N–H and O–H groups in total. The molecule has 4 nitrogen and oxygen atoms in total. The van der Waals surface area contributed by atoms with Gasteiger partial charge in [0.25, 0.3) is 0 Å². The van der Waals surface area contributed by atoms with Crippen molar-refractivity contribution in [3.05, 3.63) is 0 Å². The highest BCUT2D eigenvalue weighted by atomic mass is 16.5. The largest absolute Gasteiger partial charge is 0.381 e. The number of ether oxygens (including phenoxy) is 3. The summed E-state index contributed by atoms with van der Waals surface area (Å²) in [6.45, 7) is 2.67. The van der Waals surface area contributed by atoms with Gasteiger partial charge in [-0.05, 0) is 50.4 Å². The Morgan fingerprint density at radius 2 is 1.58 bits per heavy atom. The zero-order valence-electron chi connectivity index (χ0n) is 15.7. The minimum Gasteiger partial charge on any atom is -0.381 e. The van der Waals surface area contributed by atoms with Gasteiger partial charge in [0.2, 0.25) is 0 Å². The molecule has 24 heavy (non-hydrogen) atoms. The van der Waals surface area contributed by atoms with E-state index in [0.717, 1.165) is 23.8 Å².